The number of anilines is 1. The molecule has 3 N–H and O–H groups in total. The highest BCUT2D eigenvalue weighted by Gasteiger charge is 2.09. The molecule has 0 bridgehead atoms. The molecule has 20 heavy (non-hydrogen) atoms. The number of benzene rings is 1. The molecule has 1 fully saturated rings. The van der Waals surface area contributed by atoms with Gasteiger partial charge in [0, 0.05) is 31.2 Å². The van der Waals surface area contributed by atoms with Crippen molar-refractivity contribution in [1.82, 2.24) is 15.6 Å². The van der Waals surface area contributed by atoms with Crippen molar-refractivity contribution >= 4 is 34.6 Å². The summed E-state index contributed by atoms with van der Waals surface area (Å²) >= 11 is 11.0. The van der Waals surface area contributed by atoms with Crippen molar-refractivity contribution < 1.29 is 4.74 Å². The number of ether oxygens (including phenoxy) is 1. The van der Waals surface area contributed by atoms with Gasteiger partial charge in [-0.3, -0.25) is 15.8 Å². The topological polar surface area (TPSA) is 48.6 Å². The van der Waals surface area contributed by atoms with Crippen LogP contribution in [0.5, 0.6) is 0 Å². The van der Waals surface area contributed by atoms with Crippen molar-refractivity contribution in [2.24, 2.45) is 0 Å². The van der Waals surface area contributed by atoms with Gasteiger partial charge in [0.15, 0.2) is 5.11 Å². The summed E-state index contributed by atoms with van der Waals surface area (Å²) in [4.78, 5) is 2.35. The molecule has 1 heterocycles. The van der Waals surface area contributed by atoms with E-state index >= 15 is 0 Å². The smallest absolute Gasteiger partial charge is 0.185 e. The number of hydrogen-bond acceptors (Lipinski definition) is 4. The minimum absolute atomic E-state index is 0.577. The number of rotatable bonds is 5. The number of halogens is 1. The van der Waals surface area contributed by atoms with Crippen LogP contribution in [-0.2, 0) is 4.74 Å². The summed E-state index contributed by atoms with van der Waals surface area (Å²) in [6.07, 6.45) is 0. The monoisotopic (exact) mass is 314 g/mol. The lowest BCUT2D eigenvalue weighted by Gasteiger charge is -2.26. The average Bonchev–Trinajstić information content (AvgIpc) is 2.48. The molecule has 1 aliphatic rings. The Hall–Kier alpha value is -1.08. The van der Waals surface area contributed by atoms with Gasteiger partial charge in [0.1, 0.15) is 0 Å². The average molecular weight is 315 g/mol. The van der Waals surface area contributed by atoms with E-state index in [4.69, 9.17) is 28.6 Å². The van der Waals surface area contributed by atoms with Gasteiger partial charge in [-0.15, -0.1) is 0 Å². The first-order valence-corrected chi connectivity index (χ1v) is 7.38. The van der Waals surface area contributed by atoms with Gasteiger partial charge in [0.25, 0.3) is 0 Å². The highest BCUT2D eigenvalue weighted by molar-refractivity contribution is 7.80. The molecule has 1 saturated heterocycles. The lowest BCUT2D eigenvalue weighted by Crippen LogP contribution is -2.44. The second kappa shape index (κ2) is 8.26. The molecular formula is C13H19ClN4OS. The maximum atomic E-state index is 5.82. The number of nitrogens with one attached hydrogen (secondary N) is 3. The zero-order valence-corrected chi connectivity index (χ0v) is 12.8. The van der Waals surface area contributed by atoms with Crippen LogP contribution >= 0.6 is 23.8 Å². The first-order valence-electron chi connectivity index (χ1n) is 6.59. The first kappa shape index (κ1) is 15.3. The molecule has 1 aromatic rings. The number of morpholine rings is 1. The number of hydrogen-bond donors (Lipinski definition) is 3. The maximum Gasteiger partial charge on any atom is 0.185 e. The molecule has 0 unspecified atom stereocenters. The molecule has 0 radical (unpaired) electrons. The fourth-order valence-corrected chi connectivity index (χ4v) is 2.14. The lowest BCUT2D eigenvalue weighted by atomic mass is 10.3. The molecule has 5 nitrogen and oxygen atoms in total. The van der Waals surface area contributed by atoms with Gasteiger partial charge < -0.3 is 10.1 Å². The van der Waals surface area contributed by atoms with E-state index in [1.807, 2.05) is 24.3 Å². The minimum atomic E-state index is 0.577. The molecule has 0 atom stereocenters. The predicted molar refractivity (Wildman–Crippen MR) is 86.1 cm³/mol. The highest BCUT2D eigenvalue weighted by atomic mass is 35.5. The molecular weight excluding hydrogens is 296 g/mol. The SMILES string of the molecule is S=C(NCCN1CCOCC1)NNc1ccc(Cl)cc1. The van der Waals surface area contributed by atoms with Gasteiger partial charge in [-0.25, -0.2) is 0 Å². The quantitative estimate of drug-likeness (QED) is 0.565. The van der Waals surface area contributed by atoms with Crippen LogP contribution in [0.25, 0.3) is 0 Å². The lowest BCUT2D eigenvalue weighted by molar-refractivity contribution is 0.0389. The summed E-state index contributed by atoms with van der Waals surface area (Å²) in [5, 5.41) is 4.45. The van der Waals surface area contributed by atoms with Crippen LogP contribution in [0.4, 0.5) is 5.69 Å². The summed E-state index contributed by atoms with van der Waals surface area (Å²) < 4.78 is 5.30. The Morgan fingerprint density at radius 1 is 1.25 bits per heavy atom. The number of hydrazine groups is 1. The van der Waals surface area contributed by atoms with Crippen LogP contribution in [0, 0.1) is 0 Å². The van der Waals surface area contributed by atoms with Crippen molar-refractivity contribution in [3.8, 4) is 0 Å². The molecule has 0 spiro atoms. The van der Waals surface area contributed by atoms with Gasteiger partial charge in [-0.1, -0.05) is 11.6 Å². The van der Waals surface area contributed by atoms with Gasteiger partial charge in [-0.2, -0.15) is 0 Å². The van der Waals surface area contributed by atoms with Crippen LogP contribution in [-0.4, -0.2) is 49.4 Å². The molecule has 110 valence electrons. The second-order valence-electron chi connectivity index (χ2n) is 4.47. The van der Waals surface area contributed by atoms with E-state index < -0.39 is 0 Å². The van der Waals surface area contributed by atoms with Gasteiger partial charge in [0.05, 0.1) is 18.9 Å². The fraction of sp³-hybridized carbons (Fsp3) is 0.462. The van der Waals surface area contributed by atoms with Crippen LogP contribution in [0.3, 0.4) is 0 Å². The minimum Gasteiger partial charge on any atom is -0.379 e. The Morgan fingerprint density at radius 2 is 1.95 bits per heavy atom. The zero-order valence-electron chi connectivity index (χ0n) is 11.2. The number of nitrogens with zero attached hydrogens (tertiary/aromatic N) is 1. The van der Waals surface area contributed by atoms with E-state index in [9.17, 15) is 0 Å². The van der Waals surface area contributed by atoms with E-state index in [1.54, 1.807) is 0 Å². The summed E-state index contributed by atoms with van der Waals surface area (Å²) in [7, 11) is 0. The van der Waals surface area contributed by atoms with Crippen LogP contribution in [0.2, 0.25) is 5.02 Å². The summed E-state index contributed by atoms with van der Waals surface area (Å²) in [5.74, 6) is 0. The Labute approximate surface area is 129 Å². The van der Waals surface area contributed by atoms with Gasteiger partial charge >= 0.3 is 0 Å². The second-order valence-corrected chi connectivity index (χ2v) is 5.31. The van der Waals surface area contributed by atoms with Gasteiger partial charge in [-0.05, 0) is 36.5 Å². The van der Waals surface area contributed by atoms with E-state index in [-0.39, 0.29) is 0 Å². The predicted octanol–water partition coefficient (Wildman–Crippen LogP) is 1.46. The van der Waals surface area contributed by atoms with Crippen molar-refractivity contribution in [2.75, 3.05) is 44.8 Å². The Bertz CT molecular complexity index is 423. The van der Waals surface area contributed by atoms with Crippen molar-refractivity contribution in [3.05, 3.63) is 29.3 Å². The molecule has 0 aromatic heterocycles. The Morgan fingerprint density at radius 3 is 2.65 bits per heavy atom. The third kappa shape index (κ3) is 5.50. The van der Waals surface area contributed by atoms with E-state index in [2.05, 4.69) is 21.1 Å². The van der Waals surface area contributed by atoms with Crippen molar-refractivity contribution in [3.63, 3.8) is 0 Å². The summed E-state index contributed by atoms with van der Waals surface area (Å²) in [5.41, 5.74) is 6.86. The third-order valence-electron chi connectivity index (χ3n) is 2.98. The molecule has 7 heteroatoms. The van der Waals surface area contributed by atoms with Crippen LogP contribution in [0.15, 0.2) is 24.3 Å². The normalized spacial score (nSPS) is 15.7. The van der Waals surface area contributed by atoms with Crippen LogP contribution in [0.1, 0.15) is 0 Å². The summed E-state index contributed by atoms with van der Waals surface area (Å²) in [6, 6.07) is 7.40. The largest absolute Gasteiger partial charge is 0.379 e. The standard InChI is InChI=1S/C13H19ClN4OS/c14-11-1-3-12(4-2-11)16-17-13(20)15-5-6-18-7-9-19-10-8-18/h1-4,16H,5-10H2,(H2,15,17,20). The Kier molecular flexibility index (Phi) is 6.32. The molecule has 1 aromatic carbocycles. The molecule has 0 saturated carbocycles. The summed E-state index contributed by atoms with van der Waals surface area (Å²) in [6.45, 7) is 5.40. The highest BCUT2D eigenvalue weighted by Crippen LogP contribution is 2.12. The fourth-order valence-electron chi connectivity index (χ4n) is 1.86. The van der Waals surface area contributed by atoms with E-state index in [0.717, 1.165) is 45.1 Å². The van der Waals surface area contributed by atoms with Crippen molar-refractivity contribution in [2.45, 2.75) is 0 Å². The third-order valence-corrected chi connectivity index (χ3v) is 3.48. The molecule has 0 amide bonds. The molecule has 2 rings (SSSR count). The van der Waals surface area contributed by atoms with E-state index in [1.165, 1.54) is 0 Å². The van der Waals surface area contributed by atoms with E-state index in [0.29, 0.717) is 10.1 Å². The maximum absolute atomic E-state index is 5.82. The zero-order chi connectivity index (χ0) is 14.2. The van der Waals surface area contributed by atoms with Gasteiger partial charge in [0.2, 0.25) is 0 Å². The molecule has 1 aliphatic heterocycles. The molecule has 0 aliphatic carbocycles. The first-order chi connectivity index (χ1) is 9.74. The van der Waals surface area contributed by atoms with Crippen LogP contribution < -0.4 is 16.2 Å². The Balaban J connectivity index is 1.59. The number of thiocarbonyl (C=S) groups is 1. The van der Waals surface area contributed by atoms with Crippen molar-refractivity contribution in [1.29, 1.82) is 0 Å².